The van der Waals surface area contributed by atoms with Crippen molar-refractivity contribution in [3.63, 3.8) is 0 Å². The van der Waals surface area contributed by atoms with Crippen LogP contribution in [0.4, 0.5) is 0 Å². The third kappa shape index (κ3) is 7.42. The lowest BCUT2D eigenvalue weighted by Gasteiger charge is -2.43. The summed E-state index contributed by atoms with van der Waals surface area (Å²) in [6.07, 6.45) is 1.75. The molecular formula is C32H42O4Si. The van der Waals surface area contributed by atoms with Crippen LogP contribution in [0.5, 0.6) is 5.75 Å². The fraction of sp³-hybridized carbons (Fsp3) is 0.375. The zero-order valence-electron chi connectivity index (χ0n) is 23.0. The predicted molar refractivity (Wildman–Crippen MR) is 155 cm³/mol. The second-order valence-electron chi connectivity index (χ2n) is 10.5. The van der Waals surface area contributed by atoms with Crippen LogP contribution in [0.15, 0.2) is 96.1 Å². The monoisotopic (exact) mass is 518 g/mol. The highest BCUT2D eigenvalue weighted by Gasteiger charge is 2.49. The first-order valence-corrected chi connectivity index (χ1v) is 15.0. The molecule has 0 aliphatic carbocycles. The minimum atomic E-state index is -2.52. The summed E-state index contributed by atoms with van der Waals surface area (Å²) in [5, 5.41) is 12.5. The molecule has 1 N–H and O–H groups in total. The van der Waals surface area contributed by atoms with Crippen molar-refractivity contribution in [2.24, 2.45) is 0 Å². The molecule has 3 aromatic rings. The summed E-state index contributed by atoms with van der Waals surface area (Å²) in [7, 11) is -0.862. The Balaban J connectivity index is 1.66. The molecule has 0 aromatic heterocycles. The molecular weight excluding hydrogens is 476 g/mol. The van der Waals surface area contributed by atoms with Gasteiger partial charge in [0.05, 0.1) is 26.9 Å². The summed E-state index contributed by atoms with van der Waals surface area (Å²) < 4.78 is 18.1. The molecule has 198 valence electrons. The third-order valence-electron chi connectivity index (χ3n) is 6.93. The first-order chi connectivity index (χ1) is 17.8. The van der Waals surface area contributed by atoms with E-state index in [1.807, 2.05) is 24.3 Å². The lowest BCUT2D eigenvalue weighted by molar-refractivity contribution is 0.133. The van der Waals surface area contributed by atoms with Crippen LogP contribution >= 0.6 is 0 Å². The van der Waals surface area contributed by atoms with Crippen LogP contribution in [-0.2, 0) is 15.8 Å². The van der Waals surface area contributed by atoms with Gasteiger partial charge in [0.25, 0.3) is 8.32 Å². The molecule has 5 heteroatoms. The average molecular weight is 519 g/mol. The van der Waals surface area contributed by atoms with E-state index in [-0.39, 0.29) is 11.6 Å². The van der Waals surface area contributed by atoms with Crippen LogP contribution in [0.3, 0.4) is 0 Å². The molecule has 0 aliphatic heterocycles. The van der Waals surface area contributed by atoms with Crippen molar-refractivity contribution in [2.45, 2.75) is 52.2 Å². The standard InChI is InChI=1S/C32H42O4Si/c1-26(28(23-33)25-35-24-27-18-20-29(34-5)21-19-27)13-12-22-36-37(32(2,3)4,30-14-8-6-9-15-30)31-16-10-7-11-17-31/h6-11,14-21,33H,12-13,22-25H2,1-5H3/b28-26-. The Bertz CT molecular complexity index is 1060. The maximum Gasteiger partial charge on any atom is 0.261 e. The summed E-state index contributed by atoms with van der Waals surface area (Å²) >= 11 is 0. The minimum absolute atomic E-state index is 0.00398. The van der Waals surface area contributed by atoms with Crippen LogP contribution in [0.25, 0.3) is 0 Å². The van der Waals surface area contributed by atoms with E-state index in [1.54, 1.807) is 7.11 Å². The van der Waals surface area contributed by atoms with E-state index in [2.05, 4.69) is 88.4 Å². The number of hydrogen-bond donors (Lipinski definition) is 1. The van der Waals surface area contributed by atoms with Gasteiger partial charge < -0.3 is 19.0 Å². The fourth-order valence-corrected chi connectivity index (χ4v) is 9.42. The average Bonchev–Trinajstić information content (AvgIpc) is 2.91. The van der Waals surface area contributed by atoms with Crippen molar-refractivity contribution >= 4 is 18.7 Å². The normalized spacial score (nSPS) is 12.8. The maximum atomic E-state index is 9.97. The van der Waals surface area contributed by atoms with E-state index in [9.17, 15) is 5.11 Å². The van der Waals surface area contributed by atoms with Gasteiger partial charge in [-0.2, -0.15) is 0 Å². The van der Waals surface area contributed by atoms with Crippen molar-refractivity contribution in [3.05, 3.63) is 102 Å². The molecule has 0 unspecified atom stereocenters. The number of allylic oxidation sites excluding steroid dienone is 1. The lowest BCUT2D eigenvalue weighted by atomic mass is 10.1. The number of aliphatic hydroxyl groups excluding tert-OH is 1. The van der Waals surface area contributed by atoms with Crippen LogP contribution in [0, 0.1) is 0 Å². The Morgan fingerprint density at radius 3 is 1.89 bits per heavy atom. The lowest BCUT2D eigenvalue weighted by Crippen LogP contribution is -2.66. The highest BCUT2D eigenvalue weighted by atomic mass is 28.4. The zero-order chi connectivity index (χ0) is 26.7. The summed E-state index contributed by atoms with van der Waals surface area (Å²) in [6.45, 7) is 10.6. The third-order valence-corrected chi connectivity index (χ3v) is 12.0. The fourth-order valence-electron chi connectivity index (χ4n) is 4.82. The van der Waals surface area contributed by atoms with E-state index in [0.717, 1.165) is 29.7 Å². The van der Waals surface area contributed by atoms with Crippen molar-refractivity contribution < 1.29 is 19.0 Å². The molecule has 0 spiro atoms. The van der Waals surface area contributed by atoms with E-state index in [1.165, 1.54) is 15.9 Å². The number of hydrogen-bond acceptors (Lipinski definition) is 4. The summed E-state index contributed by atoms with van der Waals surface area (Å²) in [6, 6.07) is 29.3. The zero-order valence-corrected chi connectivity index (χ0v) is 24.0. The van der Waals surface area contributed by atoms with Crippen molar-refractivity contribution in [2.75, 3.05) is 26.9 Å². The molecule has 3 rings (SSSR count). The summed E-state index contributed by atoms with van der Waals surface area (Å²) in [5.74, 6) is 0.829. The first-order valence-electron chi connectivity index (χ1n) is 13.1. The quantitative estimate of drug-likeness (QED) is 0.174. The molecule has 0 saturated carbocycles. The molecule has 0 saturated heterocycles. The summed E-state index contributed by atoms with van der Waals surface area (Å²) in [4.78, 5) is 0. The molecule has 0 bridgehead atoms. The van der Waals surface area contributed by atoms with E-state index < -0.39 is 8.32 Å². The Morgan fingerprint density at radius 1 is 0.838 bits per heavy atom. The van der Waals surface area contributed by atoms with Crippen molar-refractivity contribution in [1.29, 1.82) is 0 Å². The van der Waals surface area contributed by atoms with Gasteiger partial charge in [-0.05, 0) is 58.4 Å². The Morgan fingerprint density at radius 2 is 1.41 bits per heavy atom. The van der Waals surface area contributed by atoms with Gasteiger partial charge in [-0.25, -0.2) is 0 Å². The molecule has 0 radical (unpaired) electrons. The van der Waals surface area contributed by atoms with Crippen molar-refractivity contribution in [3.8, 4) is 5.75 Å². The number of methoxy groups -OCH3 is 1. The van der Waals surface area contributed by atoms with Crippen LogP contribution in [-0.4, -0.2) is 40.4 Å². The van der Waals surface area contributed by atoms with Gasteiger partial charge in [0, 0.05) is 6.61 Å². The van der Waals surface area contributed by atoms with Crippen LogP contribution < -0.4 is 15.1 Å². The molecule has 0 amide bonds. The maximum absolute atomic E-state index is 9.97. The topological polar surface area (TPSA) is 47.9 Å². The molecule has 0 aliphatic rings. The summed E-state index contributed by atoms with van der Waals surface area (Å²) in [5.41, 5.74) is 3.19. The molecule has 0 atom stereocenters. The molecule has 37 heavy (non-hydrogen) atoms. The smallest absolute Gasteiger partial charge is 0.261 e. The first kappa shape index (κ1) is 28.9. The second kappa shape index (κ2) is 13.7. The SMILES string of the molecule is COc1ccc(COC/C(CO)=C(/C)CCCO[Si](c2ccccc2)(c2ccccc2)C(C)(C)C)cc1. The highest BCUT2D eigenvalue weighted by molar-refractivity contribution is 6.99. The van der Waals surface area contributed by atoms with Gasteiger partial charge in [0.15, 0.2) is 0 Å². The Labute approximate surface area is 224 Å². The van der Waals surface area contributed by atoms with Gasteiger partial charge in [-0.15, -0.1) is 0 Å². The number of benzene rings is 3. The van der Waals surface area contributed by atoms with E-state index in [4.69, 9.17) is 13.9 Å². The Hall–Kier alpha value is -2.70. The van der Waals surface area contributed by atoms with Gasteiger partial charge in [0.1, 0.15) is 5.75 Å². The number of rotatable bonds is 13. The van der Waals surface area contributed by atoms with E-state index >= 15 is 0 Å². The predicted octanol–water partition coefficient (Wildman–Crippen LogP) is 5.88. The van der Waals surface area contributed by atoms with Crippen LogP contribution in [0.2, 0.25) is 5.04 Å². The molecule has 0 heterocycles. The van der Waals surface area contributed by atoms with Gasteiger partial charge in [-0.1, -0.05) is 99.1 Å². The molecule has 0 fully saturated rings. The van der Waals surface area contributed by atoms with Gasteiger partial charge in [-0.3, -0.25) is 0 Å². The van der Waals surface area contributed by atoms with Gasteiger partial charge in [0.2, 0.25) is 0 Å². The van der Waals surface area contributed by atoms with Gasteiger partial charge >= 0.3 is 0 Å². The number of aliphatic hydroxyl groups is 1. The van der Waals surface area contributed by atoms with Crippen LogP contribution in [0.1, 0.15) is 46.1 Å². The second-order valence-corrected chi connectivity index (χ2v) is 14.8. The van der Waals surface area contributed by atoms with E-state index in [0.29, 0.717) is 19.8 Å². The Kier molecular flexibility index (Phi) is 10.7. The largest absolute Gasteiger partial charge is 0.497 e. The molecule has 3 aromatic carbocycles. The van der Waals surface area contributed by atoms with Crippen molar-refractivity contribution in [1.82, 2.24) is 0 Å². The molecule has 4 nitrogen and oxygen atoms in total. The number of ether oxygens (including phenoxy) is 2. The minimum Gasteiger partial charge on any atom is -0.497 e. The highest BCUT2D eigenvalue weighted by Crippen LogP contribution is 2.37.